The molecule has 6 nitrogen and oxygen atoms in total. The molecule has 0 bridgehead atoms. The Bertz CT molecular complexity index is 1900. The number of imide groups is 1. The third kappa shape index (κ3) is 6.46. The predicted octanol–water partition coefficient (Wildman–Crippen LogP) is 11.9. The van der Waals surface area contributed by atoms with Crippen LogP contribution in [0.5, 0.6) is 23.0 Å². The van der Waals surface area contributed by atoms with Gasteiger partial charge in [-0.1, -0.05) is 80.0 Å². The van der Waals surface area contributed by atoms with Gasteiger partial charge in [-0.3, -0.25) is 4.79 Å². The number of carbonyl (C=O) groups excluding carboxylic acids is 2. The average molecular weight is 841 g/mol. The molecule has 3 aliphatic rings. The van der Waals surface area contributed by atoms with E-state index in [-0.39, 0.29) is 16.7 Å². The number of nitrogens with zero attached hydrogens (tertiary/aromatic N) is 2. The highest BCUT2D eigenvalue weighted by Gasteiger charge is 2.50. The topological polar surface area (TPSA) is 59.1 Å². The van der Waals surface area contributed by atoms with Crippen molar-refractivity contribution in [3.8, 4) is 23.0 Å². The first-order valence-electron chi connectivity index (χ1n) is 15.8. The van der Waals surface area contributed by atoms with Crippen LogP contribution in [-0.2, 0) is 15.6 Å². The lowest BCUT2D eigenvalue weighted by Crippen LogP contribution is -2.37. The van der Waals surface area contributed by atoms with Gasteiger partial charge in [0.2, 0.25) is 0 Å². The van der Waals surface area contributed by atoms with Crippen LogP contribution in [0.2, 0.25) is 0 Å². The highest BCUT2D eigenvalue weighted by Crippen LogP contribution is 2.50. The summed E-state index contributed by atoms with van der Waals surface area (Å²) in [5, 5.41) is 0. The molecule has 3 amide bonds. The Hall–Kier alpha value is -3.14. The maximum atomic E-state index is 11.2. The van der Waals surface area contributed by atoms with E-state index in [2.05, 4.69) is 170 Å². The van der Waals surface area contributed by atoms with E-state index >= 15 is 0 Å². The van der Waals surface area contributed by atoms with Gasteiger partial charge in [0, 0.05) is 37.6 Å². The van der Waals surface area contributed by atoms with Crippen molar-refractivity contribution in [3.63, 3.8) is 0 Å². The fraction of sp³-hybridized carbons (Fsp3) is 0.333. The van der Waals surface area contributed by atoms with Crippen LogP contribution in [-0.4, -0.2) is 25.3 Å². The maximum Gasteiger partial charge on any atom is 0.348 e. The molecule has 0 spiro atoms. The van der Waals surface area contributed by atoms with E-state index in [1.54, 1.807) is 13.8 Å². The minimum Gasteiger partial charge on any atom is -0.457 e. The van der Waals surface area contributed by atoms with Crippen molar-refractivity contribution in [2.45, 2.75) is 85.6 Å². The van der Waals surface area contributed by atoms with Gasteiger partial charge in [-0.25, -0.2) is 8.72 Å². The highest BCUT2D eigenvalue weighted by atomic mass is 79.9. The van der Waals surface area contributed by atoms with Crippen LogP contribution in [0.1, 0.15) is 86.1 Å². The molecule has 4 aromatic rings. The number of aryl methyl sites for hydroxylation is 4. The number of benzene rings is 4. The molecule has 0 aromatic heterocycles. The Morgan fingerprint density at radius 2 is 0.938 bits per heavy atom. The summed E-state index contributed by atoms with van der Waals surface area (Å²) in [6, 6.07) is 23.3. The molecule has 0 unspecified atom stereocenters. The lowest BCUT2D eigenvalue weighted by atomic mass is 9.75. The Kier molecular flexibility index (Phi) is 9.76. The van der Waals surface area contributed by atoms with Crippen molar-refractivity contribution in [1.29, 1.82) is 0 Å². The number of ether oxygens (including phenoxy) is 2. The normalized spacial score (nSPS) is 17.3. The van der Waals surface area contributed by atoms with Crippen LogP contribution in [0.3, 0.4) is 0 Å². The zero-order valence-electron chi connectivity index (χ0n) is 29.0. The average Bonchev–Trinajstić information content (AvgIpc) is 3.12. The van der Waals surface area contributed by atoms with Crippen LogP contribution >= 0.6 is 48.2 Å². The van der Waals surface area contributed by atoms with Gasteiger partial charge >= 0.3 is 6.03 Å². The molecule has 0 aliphatic carbocycles. The number of fused-ring (bicyclic) bond motifs is 4. The highest BCUT2D eigenvalue weighted by molar-refractivity contribution is 9.10. The molecule has 3 aliphatic heterocycles. The summed E-state index contributed by atoms with van der Waals surface area (Å²) >= 11 is 9.47. The largest absolute Gasteiger partial charge is 0.457 e. The molecular formula is C39H41Br3N2O4. The molecule has 3 heterocycles. The van der Waals surface area contributed by atoms with Gasteiger partial charge in [0.1, 0.15) is 28.5 Å². The zero-order valence-corrected chi connectivity index (χ0v) is 33.8. The van der Waals surface area contributed by atoms with Crippen molar-refractivity contribution >= 4 is 60.2 Å². The van der Waals surface area contributed by atoms with E-state index in [0.29, 0.717) is 0 Å². The third-order valence-corrected chi connectivity index (χ3v) is 12.0. The molecule has 9 heteroatoms. The summed E-state index contributed by atoms with van der Waals surface area (Å²) in [5.74, 6) is 3.68. The molecule has 1 saturated heterocycles. The maximum absolute atomic E-state index is 11.2. The zero-order chi connectivity index (χ0) is 35.5. The van der Waals surface area contributed by atoms with Gasteiger partial charge in [0.25, 0.3) is 5.91 Å². The summed E-state index contributed by atoms with van der Waals surface area (Å²) in [5.41, 5.74) is 9.09. The molecule has 0 saturated carbocycles. The molecule has 48 heavy (non-hydrogen) atoms. The molecule has 252 valence electrons. The first-order valence-corrected chi connectivity index (χ1v) is 18.0. The monoisotopic (exact) mass is 838 g/mol. The fourth-order valence-corrected chi connectivity index (χ4v) is 7.63. The van der Waals surface area contributed by atoms with E-state index in [0.717, 1.165) is 31.4 Å². The summed E-state index contributed by atoms with van der Waals surface area (Å²) in [7, 11) is 0. The fourth-order valence-electron chi connectivity index (χ4n) is 6.17. The summed E-state index contributed by atoms with van der Waals surface area (Å²) in [6.07, 6.45) is 0. The number of urea groups is 1. The number of amides is 3. The number of hydrogen-bond donors (Lipinski definition) is 0. The van der Waals surface area contributed by atoms with Crippen LogP contribution in [0.15, 0.2) is 71.2 Å². The number of carbonyl (C=O) groups is 2. The summed E-state index contributed by atoms with van der Waals surface area (Å²) in [4.78, 5) is 22.3. The van der Waals surface area contributed by atoms with E-state index < -0.39 is 11.6 Å². The van der Waals surface area contributed by atoms with E-state index in [4.69, 9.17) is 9.47 Å². The first-order chi connectivity index (χ1) is 22.3. The van der Waals surface area contributed by atoms with Crippen molar-refractivity contribution < 1.29 is 19.1 Å². The molecular weight excluding hydrogens is 800 g/mol. The smallest absolute Gasteiger partial charge is 0.348 e. The minimum atomic E-state index is -0.805. The van der Waals surface area contributed by atoms with E-state index in [1.165, 1.54) is 48.4 Å². The van der Waals surface area contributed by atoms with Gasteiger partial charge in [-0.05, 0) is 94.1 Å². The summed E-state index contributed by atoms with van der Waals surface area (Å²) in [6.45, 7) is 20.7. The molecule has 0 radical (unpaired) electrons. The molecule has 0 N–H and O–H groups in total. The molecule has 4 aromatic carbocycles. The van der Waals surface area contributed by atoms with Crippen LogP contribution in [0.4, 0.5) is 4.79 Å². The lowest BCUT2D eigenvalue weighted by Gasteiger charge is -2.35. The number of hydrogen-bond acceptors (Lipinski definition) is 4. The van der Waals surface area contributed by atoms with E-state index in [1.807, 2.05) is 0 Å². The Morgan fingerprint density at radius 1 is 0.562 bits per heavy atom. The molecule has 0 atom stereocenters. The summed E-state index contributed by atoms with van der Waals surface area (Å²) < 4.78 is 15.4. The van der Waals surface area contributed by atoms with Gasteiger partial charge < -0.3 is 9.47 Å². The van der Waals surface area contributed by atoms with Gasteiger partial charge in [0.05, 0.1) is 32.3 Å². The second-order valence-electron chi connectivity index (χ2n) is 14.3. The van der Waals surface area contributed by atoms with Crippen molar-refractivity contribution in [1.82, 2.24) is 7.85 Å². The SMILES string of the molecule is CC1(C)C(=O)N(Br)C(=O)N1Br.Cc1ccc2c(c1)Oc1cc(C)c(Br)cc1C2(C)C.Cc1ccc2c(c1)Oc1cc(C)ccc1C2(C)C. The Morgan fingerprint density at radius 3 is 1.27 bits per heavy atom. The molecule has 1 fully saturated rings. The van der Waals surface area contributed by atoms with Gasteiger partial charge in [0.15, 0.2) is 0 Å². The standard InChI is InChI=1S/C17H17BrO.C17H18O.C5H6Br2N2O2/c1-10-5-6-12-15(7-10)19-16-8-11(2)14(18)9-13(16)17(12,3)4;1-11-5-7-13-15(9-11)18-16-10-12(2)6-8-14(16)17(13,3)4;1-5(2)3(10)8(6)4(11)9(5)7/h5-9H,1-4H3;5-10H,1-4H3;1-2H3. The van der Waals surface area contributed by atoms with E-state index in [9.17, 15) is 9.59 Å². The van der Waals surface area contributed by atoms with Crippen LogP contribution in [0.25, 0.3) is 0 Å². The number of rotatable bonds is 0. The lowest BCUT2D eigenvalue weighted by molar-refractivity contribution is -0.127. The first kappa shape index (κ1) is 36.1. The van der Waals surface area contributed by atoms with Crippen molar-refractivity contribution in [2.75, 3.05) is 0 Å². The number of halogens is 3. The van der Waals surface area contributed by atoms with Crippen molar-refractivity contribution in [3.05, 3.63) is 116 Å². The van der Waals surface area contributed by atoms with Gasteiger partial charge in [-0.2, -0.15) is 3.93 Å². The second kappa shape index (κ2) is 13.0. The Labute approximate surface area is 309 Å². The van der Waals surface area contributed by atoms with Gasteiger partial charge in [-0.15, -0.1) is 0 Å². The predicted molar refractivity (Wildman–Crippen MR) is 203 cm³/mol. The Balaban J connectivity index is 0.000000146. The van der Waals surface area contributed by atoms with Crippen molar-refractivity contribution in [2.24, 2.45) is 0 Å². The second-order valence-corrected chi connectivity index (χ2v) is 16.5. The molecule has 7 rings (SSSR count). The van der Waals surface area contributed by atoms with Crippen LogP contribution < -0.4 is 9.47 Å². The van der Waals surface area contributed by atoms with Crippen LogP contribution in [0, 0.1) is 27.7 Å². The minimum absolute atomic E-state index is 0.00428. The quantitative estimate of drug-likeness (QED) is 0.131. The third-order valence-electron chi connectivity index (χ3n) is 9.33.